The van der Waals surface area contributed by atoms with Crippen molar-refractivity contribution in [3.05, 3.63) is 0 Å². The quantitative estimate of drug-likeness (QED) is 0.442. The van der Waals surface area contributed by atoms with E-state index in [0.29, 0.717) is 55.6 Å². The number of alkyl halides is 4. The highest BCUT2D eigenvalue weighted by atomic mass is 19.3. The predicted octanol–water partition coefficient (Wildman–Crippen LogP) is 7.66. The van der Waals surface area contributed by atoms with Crippen molar-refractivity contribution >= 4 is 5.71 Å². The van der Waals surface area contributed by atoms with Crippen LogP contribution in [0.2, 0.25) is 0 Å². The highest BCUT2D eigenvalue weighted by Crippen LogP contribution is 2.40. The molecule has 6 heteroatoms. The summed E-state index contributed by atoms with van der Waals surface area (Å²) in [7, 11) is 0. The Morgan fingerprint density at radius 1 is 0.767 bits per heavy atom. The Balaban J connectivity index is 0.000000281. The maximum Gasteiger partial charge on any atom is 0.248 e. The SMILES string of the molecule is C.C.CC1=N[C@H](C2CCC(F)(F)CC2)CC1.C[C@H]1CC[C@@H](C2CCC(F)(F)CC2)N1. The molecule has 1 saturated heterocycles. The van der Waals surface area contributed by atoms with Crippen molar-refractivity contribution in [2.45, 2.75) is 136 Å². The first-order chi connectivity index (χ1) is 13.1. The van der Waals surface area contributed by atoms with Gasteiger partial charge in [0.25, 0.3) is 0 Å². The summed E-state index contributed by atoms with van der Waals surface area (Å²) < 4.78 is 51.7. The Labute approximate surface area is 181 Å². The van der Waals surface area contributed by atoms with Crippen LogP contribution in [0.3, 0.4) is 0 Å². The summed E-state index contributed by atoms with van der Waals surface area (Å²) in [6.07, 6.45) is 7.62. The Bertz CT molecular complexity index is 529. The molecule has 2 aliphatic carbocycles. The van der Waals surface area contributed by atoms with Crippen LogP contribution in [0.15, 0.2) is 4.99 Å². The van der Waals surface area contributed by atoms with Gasteiger partial charge in [-0.25, -0.2) is 17.6 Å². The first-order valence-corrected chi connectivity index (χ1v) is 11.2. The first kappa shape index (κ1) is 27.4. The molecule has 2 aliphatic heterocycles. The molecule has 4 rings (SSSR count). The Morgan fingerprint density at radius 2 is 1.27 bits per heavy atom. The van der Waals surface area contributed by atoms with Crippen molar-refractivity contribution in [3.63, 3.8) is 0 Å². The lowest BCUT2D eigenvalue weighted by Gasteiger charge is -2.32. The summed E-state index contributed by atoms with van der Waals surface area (Å²) in [4.78, 5) is 4.53. The highest BCUT2D eigenvalue weighted by molar-refractivity contribution is 5.83. The fourth-order valence-electron chi connectivity index (χ4n) is 5.36. The topological polar surface area (TPSA) is 24.4 Å². The predicted molar refractivity (Wildman–Crippen MR) is 119 cm³/mol. The average Bonchev–Trinajstić information content (AvgIpc) is 3.24. The van der Waals surface area contributed by atoms with Gasteiger partial charge >= 0.3 is 0 Å². The van der Waals surface area contributed by atoms with Gasteiger partial charge in [0, 0.05) is 43.5 Å². The van der Waals surface area contributed by atoms with E-state index in [1.165, 1.54) is 18.6 Å². The summed E-state index contributed by atoms with van der Waals surface area (Å²) in [6.45, 7) is 4.22. The fourth-order valence-corrected chi connectivity index (χ4v) is 5.36. The lowest BCUT2D eigenvalue weighted by molar-refractivity contribution is -0.0492. The van der Waals surface area contributed by atoms with Crippen molar-refractivity contribution in [1.82, 2.24) is 5.32 Å². The lowest BCUT2D eigenvalue weighted by atomic mass is 9.81. The summed E-state index contributed by atoms with van der Waals surface area (Å²) in [5.74, 6) is -3.85. The molecule has 0 bridgehead atoms. The standard InChI is InChI=1S/C11H19F2N.C11H17F2N.2CH4/c2*1-8-2-3-10(14-8)9-4-6-11(12,13)7-5-9;;/h8-10,14H,2-7H2,1H3;9-10H,2-7H2,1H3;2*1H4/t8-,10-;10-;;/m00../s1. The smallest absolute Gasteiger partial charge is 0.248 e. The molecule has 178 valence electrons. The number of hydrogen-bond donors (Lipinski definition) is 1. The summed E-state index contributed by atoms with van der Waals surface area (Å²) in [5.41, 5.74) is 1.20. The van der Waals surface area contributed by atoms with Gasteiger partial charge in [-0.15, -0.1) is 0 Å². The van der Waals surface area contributed by atoms with Gasteiger partial charge in [0.15, 0.2) is 0 Å². The largest absolute Gasteiger partial charge is 0.311 e. The third-order valence-electron chi connectivity index (χ3n) is 7.23. The third-order valence-corrected chi connectivity index (χ3v) is 7.23. The number of aliphatic imine (C=N–C) groups is 1. The second kappa shape index (κ2) is 11.3. The van der Waals surface area contributed by atoms with Gasteiger partial charge < -0.3 is 5.32 Å². The van der Waals surface area contributed by atoms with Crippen LogP contribution in [-0.2, 0) is 0 Å². The van der Waals surface area contributed by atoms with E-state index in [9.17, 15) is 17.6 Å². The van der Waals surface area contributed by atoms with Crippen molar-refractivity contribution < 1.29 is 17.6 Å². The molecule has 0 aromatic rings. The number of rotatable bonds is 2. The molecule has 0 radical (unpaired) electrons. The molecule has 4 aliphatic rings. The second-order valence-corrected chi connectivity index (χ2v) is 9.61. The molecule has 30 heavy (non-hydrogen) atoms. The molecule has 2 saturated carbocycles. The van der Waals surface area contributed by atoms with Gasteiger partial charge in [0.2, 0.25) is 11.8 Å². The summed E-state index contributed by atoms with van der Waals surface area (Å²) in [6, 6.07) is 1.45. The zero-order valence-corrected chi connectivity index (χ0v) is 17.3. The summed E-state index contributed by atoms with van der Waals surface area (Å²) >= 11 is 0. The highest BCUT2D eigenvalue weighted by Gasteiger charge is 2.39. The van der Waals surface area contributed by atoms with E-state index in [1.54, 1.807) is 0 Å². The number of nitrogens with zero attached hydrogens (tertiary/aromatic N) is 1. The molecule has 0 aromatic carbocycles. The molecule has 0 aromatic heterocycles. The van der Waals surface area contributed by atoms with E-state index in [4.69, 9.17) is 0 Å². The normalized spacial score (nSPS) is 33.5. The summed E-state index contributed by atoms with van der Waals surface area (Å²) in [5, 5.41) is 3.51. The van der Waals surface area contributed by atoms with E-state index in [0.717, 1.165) is 12.8 Å². The molecular formula is C24H44F4N2. The van der Waals surface area contributed by atoms with Crippen molar-refractivity contribution in [1.29, 1.82) is 0 Å². The molecule has 2 nitrogen and oxygen atoms in total. The minimum absolute atomic E-state index is 0. The van der Waals surface area contributed by atoms with Gasteiger partial charge in [-0.05, 0) is 77.0 Å². The maximum absolute atomic E-state index is 12.9. The van der Waals surface area contributed by atoms with E-state index < -0.39 is 11.8 Å². The van der Waals surface area contributed by atoms with Crippen LogP contribution in [0.25, 0.3) is 0 Å². The third kappa shape index (κ3) is 7.80. The van der Waals surface area contributed by atoms with Gasteiger partial charge in [0.05, 0.1) is 6.04 Å². The minimum Gasteiger partial charge on any atom is -0.311 e. The van der Waals surface area contributed by atoms with Gasteiger partial charge in [-0.3, -0.25) is 4.99 Å². The molecule has 0 unspecified atom stereocenters. The number of halogens is 4. The molecule has 1 N–H and O–H groups in total. The van der Waals surface area contributed by atoms with Crippen LogP contribution in [-0.4, -0.2) is 35.7 Å². The monoisotopic (exact) mass is 436 g/mol. The number of nitrogens with one attached hydrogen (secondary N) is 1. The molecule has 0 amide bonds. The Kier molecular flexibility index (Phi) is 10.3. The molecule has 2 heterocycles. The number of hydrogen-bond acceptors (Lipinski definition) is 2. The fraction of sp³-hybridized carbons (Fsp3) is 0.958. The zero-order chi connectivity index (χ0) is 20.4. The van der Waals surface area contributed by atoms with Crippen LogP contribution < -0.4 is 5.32 Å². The van der Waals surface area contributed by atoms with E-state index in [-0.39, 0.29) is 40.5 Å². The van der Waals surface area contributed by atoms with Crippen LogP contribution >= 0.6 is 0 Å². The minimum atomic E-state index is -2.39. The van der Waals surface area contributed by atoms with Gasteiger partial charge in [-0.2, -0.15) is 0 Å². The molecule has 0 spiro atoms. The lowest BCUT2D eigenvalue weighted by Crippen LogP contribution is -2.38. The van der Waals surface area contributed by atoms with Crippen LogP contribution in [0, 0.1) is 11.8 Å². The first-order valence-electron chi connectivity index (χ1n) is 11.2. The Morgan fingerprint density at radius 3 is 1.67 bits per heavy atom. The molecule has 3 atom stereocenters. The van der Waals surface area contributed by atoms with Crippen LogP contribution in [0.1, 0.15) is 106 Å². The molecule has 3 fully saturated rings. The second-order valence-electron chi connectivity index (χ2n) is 9.61. The van der Waals surface area contributed by atoms with E-state index in [2.05, 4.69) is 17.2 Å². The Hall–Kier alpha value is -0.650. The van der Waals surface area contributed by atoms with Crippen molar-refractivity contribution in [3.8, 4) is 0 Å². The average molecular weight is 437 g/mol. The van der Waals surface area contributed by atoms with E-state index >= 15 is 0 Å². The van der Waals surface area contributed by atoms with E-state index in [1.807, 2.05) is 6.92 Å². The van der Waals surface area contributed by atoms with Gasteiger partial charge in [0.1, 0.15) is 0 Å². The van der Waals surface area contributed by atoms with Gasteiger partial charge in [-0.1, -0.05) is 14.9 Å². The van der Waals surface area contributed by atoms with Crippen molar-refractivity contribution in [2.24, 2.45) is 16.8 Å². The van der Waals surface area contributed by atoms with Crippen LogP contribution in [0.4, 0.5) is 17.6 Å². The van der Waals surface area contributed by atoms with Crippen LogP contribution in [0.5, 0.6) is 0 Å². The zero-order valence-electron chi connectivity index (χ0n) is 17.3. The maximum atomic E-state index is 12.9. The molecular weight excluding hydrogens is 392 g/mol. The van der Waals surface area contributed by atoms with Crippen molar-refractivity contribution in [2.75, 3.05) is 0 Å².